The second-order valence-electron chi connectivity index (χ2n) is 7.49. The van der Waals surface area contributed by atoms with Crippen molar-refractivity contribution < 1.29 is 4.74 Å². The maximum absolute atomic E-state index is 5.58. The fraction of sp³-hybridized carbons (Fsp3) is 0.833. The van der Waals surface area contributed by atoms with E-state index >= 15 is 0 Å². The predicted octanol–water partition coefficient (Wildman–Crippen LogP) is 1.92. The maximum Gasteiger partial charge on any atom is 0.0522 e. The van der Waals surface area contributed by atoms with Gasteiger partial charge in [0.15, 0.2) is 0 Å². The summed E-state index contributed by atoms with van der Waals surface area (Å²) in [7, 11) is 4.30. The molecule has 23 heavy (non-hydrogen) atoms. The van der Waals surface area contributed by atoms with Crippen LogP contribution in [0.2, 0.25) is 0 Å². The SMILES string of the molecule is CC(C)N(C)[C@@H]1CCN(C2CCOCC2)[C@@H]1Cc1cnn(C)c1. The quantitative estimate of drug-likeness (QED) is 0.830. The molecule has 2 fully saturated rings. The van der Waals surface area contributed by atoms with E-state index in [1.165, 1.54) is 31.4 Å². The molecule has 0 radical (unpaired) electrons. The van der Waals surface area contributed by atoms with Gasteiger partial charge in [-0.3, -0.25) is 14.5 Å². The average Bonchev–Trinajstić information content (AvgIpc) is 3.14. The summed E-state index contributed by atoms with van der Waals surface area (Å²) in [5, 5.41) is 4.37. The highest BCUT2D eigenvalue weighted by Gasteiger charge is 2.40. The Hall–Kier alpha value is -0.910. The zero-order valence-corrected chi connectivity index (χ0v) is 15.1. The Morgan fingerprint density at radius 3 is 2.65 bits per heavy atom. The summed E-state index contributed by atoms with van der Waals surface area (Å²) in [6.07, 6.45) is 8.95. The number of hydrogen-bond donors (Lipinski definition) is 0. The van der Waals surface area contributed by atoms with E-state index < -0.39 is 0 Å². The van der Waals surface area contributed by atoms with Gasteiger partial charge in [0.1, 0.15) is 0 Å². The molecule has 2 saturated heterocycles. The first-order valence-corrected chi connectivity index (χ1v) is 9.09. The standard InChI is InChI=1S/C18H32N4O/c1-14(2)21(4)17-5-8-22(16-6-9-23-10-7-16)18(17)11-15-12-19-20(3)13-15/h12-14,16-18H,5-11H2,1-4H3/t17-,18-/m1/s1. The first-order chi connectivity index (χ1) is 11.1. The summed E-state index contributed by atoms with van der Waals surface area (Å²) in [5.74, 6) is 0. The van der Waals surface area contributed by atoms with Crippen LogP contribution in [0.3, 0.4) is 0 Å². The minimum absolute atomic E-state index is 0.589. The van der Waals surface area contributed by atoms with Gasteiger partial charge in [0, 0.05) is 57.2 Å². The number of ether oxygens (including phenoxy) is 1. The van der Waals surface area contributed by atoms with Gasteiger partial charge in [-0.2, -0.15) is 5.10 Å². The Labute approximate surface area is 140 Å². The molecular weight excluding hydrogens is 288 g/mol. The van der Waals surface area contributed by atoms with Crippen LogP contribution in [0.4, 0.5) is 0 Å². The van der Waals surface area contributed by atoms with Gasteiger partial charge in [-0.15, -0.1) is 0 Å². The van der Waals surface area contributed by atoms with Crippen molar-refractivity contribution in [2.75, 3.05) is 26.8 Å². The van der Waals surface area contributed by atoms with Crippen LogP contribution >= 0.6 is 0 Å². The van der Waals surface area contributed by atoms with E-state index in [9.17, 15) is 0 Å². The van der Waals surface area contributed by atoms with Gasteiger partial charge in [-0.1, -0.05) is 0 Å². The molecular formula is C18H32N4O. The zero-order chi connectivity index (χ0) is 16.4. The van der Waals surface area contributed by atoms with Crippen molar-refractivity contribution in [2.45, 2.75) is 63.7 Å². The van der Waals surface area contributed by atoms with Crippen molar-refractivity contribution >= 4 is 0 Å². The van der Waals surface area contributed by atoms with Gasteiger partial charge >= 0.3 is 0 Å². The molecule has 3 rings (SSSR count). The van der Waals surface area contributed by atoms with Crippen LogP contribution in [0, 0.1) is 0 Å². The number of likely N-dealkylation sites (tertiary alicyclic amines) is 1. The Morgan fingerprint density at radius 1 is 1.30 bits per heavy atom. The summed E-state index contributed by atoms with van der Waals surface area (Å²) in [6.45, 7) is 7.67. The van der Waals surface area contributed by atoms with Gasteiger partial charge in [-0.05, 0) is 52.1 Å². The molecule has 0 aliphatic carbocycles. The third kappa shape index (κ3) is 3.78. The lowest BCUT2D eigenvalue weighted by atomic mass is 9.98. The molecule has 3 heterocycles. The molecule has 0 spiro atoms. The van der Waals surface area contributed by atoms with Gasteiger partial charge in [0.25, 0.3) is 0 Å². The Kier molecular flexibility index (Phi) is 5.39. The topological polar surface area (TPSA) is 33.5 Å². The van der Waals surface area contributed by atoms with E-state index in [4.69, 9.17) is 4.74 Å². The number of hydrogen-bond acceptors (Lipinski definition) is 4. The molecule has 5 heteroatoms. The number of aryl methyl sites for hydroxylation is 1. The number of rotatable bonds is 5. The first kappa shape index (κ1) is 16.9. The smallest absolute Gasteiger partial charge is 0.0522 e. The molecule has 130 valence electrons. The molecule has 1 aromatic heterocycles. The fourth-order valence-electron chi connectivity index (χ4n) is 4.26. The maximum atomic E-state index is 5.58. The van der Waals surface area contributed by atoms with Crippen LogP contribution in [0.5, 0.6) is 0 Å². The minimum atomic E-state index is 0.589. The van der Waals surface area contributed by atoms with Crippen molar-refractivity contribution in [3.05, 3.63) is 18.0 Å². The molecule has 1 aromatic rings. The molecule has 2 atom stereocenters. The van der Waals surface area contributed by atoms with Crippen LogP contribution in [-0.2, 0) is 18.2 Å². The van der Waals surface area contributed by atoms with Crippen molar-refractivity contribution in [1.29, 1.82) is 0 Å². The normalized spacial score (nSPS) is 27.4. The van der Waals surface area contributed by atoms with Crippen LogP contribution in [0.15, 0.2) is 12.4 Å². The Balaban J connectivity index is 1.77. The van der Waals surface area contributed by atoms with Crippen molar-refractivity contribution in [3.8, 4) is 0 Å². The molecule has 0 aromatic carbocycles. The fourth-order valence-corrected chi connectivity index (χ4v) is 4.26. The molecule has 0 unspecified atom stereocenters. The predicted molar refractivity (Wildman–Crippen MR) is 92.6 cm³/mol. The number of nitrogens with zero attached hydrogens (tertiary/aromatic N) is 4. The van der Waals surface area contributed by atoms with Gasteiger partial charge < -0.3 is 4.74 Å². The highest BCUT2D eigenvalue weighted by Crippen LogP contribution is 2.31. The van der Waals surface area contributed by atoms with Crippen molar-refractivity contribution in [1.82, 2.24) is 19.6 Å². The third-order valence-electron chi connectivity index (χ3n) is 5.75. The van der Waals surface area contributed by atoms with Crippen LogP contribution in [-0.4, -0.2) is 70.6 Å². The van der Waals surface area contributed by atoms with E-state index in [-0.39, 0.29) is 0 Å². The monoisotopic (exact) mass is 320 g/mol. The van der Waals surface area contributed by atoms with Gasteiger partial charge in [-0.25, -0.2) is 0 Å². The molecule has 2 aliphatic heterocycles. The average molecular weight is 320 g/mol. The summed E-state index contributed by atoms with van der Waals surface area (Å²) in [5.41, 5.74) is 1.36. The first-order valence-electron chi connectivity index (χ1n) is 9.09. The van der Waals surface area contributed by atoms with E-state index in [0.717, 1.165) is 19.6 Å². The van der Waals surface area contributed by atoms with E-state index in [0.29, 0.717) is 24.2 Å². The Morgan fingerprint density at radius 2 is 2.04 bits per heavy atom. The van der Waals surface area contributed by atoms with Crippen molar-refractivity contribution in [2.24, 2.45) is 7.05 Å². The van der Waals surface area contributed by atoms with E-state index in [2.05, 4.69) is 42.0 Å². The van der Waals surface area contributed by atoms with Gasteiger partial charge in [0.2, 0.25) is 0 Å². The number of aromatic nitrogens is 2. The third-order valence-corrected chi connectivity index (χ3v) is 5.75. The second-order valence-corrected chi connectivity index (χ2v) is 7.49. The largest absolute Gasteiger partial charge is 0.381 e. The highest BCUT2D eigenvalue weighted by molar-refractivity contribution is 5.10. The molecule has 0 bridgehead atoms. The van der Waals surface area contributed by atoms with E-state index in [1.807, 2.05) is 17.9 Å². The highest BCUT2D eigenvalue weighted by atomic mass is 16.5. The van der Waals surface area contributed by atoms with Crippen LogP contribution in [0.25, 0.3) is 0 Å². The second kappa shape index (κ2) is 7.32. The molecule has 0 amide bonds. The lowest BCUT2D eigenvalue weighted by molar-refractivity contribution is 0.0209. The minimum Gasteiger partial charge on any atom is -0.381 e. The molecule has 2 aliphatic rings. The van der Waals surface area contributed by atoms with Crippen LogP contribution in [0.1, 0.15) is 38.7 Å². The zero-order valence-electron chi connectivity index (χ0n) is 15.1. The number of likely N-dealkylation sites (N-methyl/N-ethyl adjacent to an activating group) is 1. The molecule has 0 saturated carbocycles. The molecule has 0 N–H and O–H groups in total. The van der Waals surface area contributed by atoms with Crippen molar-refractivity contribution in [3.63, 3.8) is 0 Å². The van der Waals surface area contributed by atoms with E-state index in [1.54, 1.807) is 0 Å². The lowest BCUT2D eigenvalue weighted by Crippen LogP contribution is -2.50. The summed E-state index contributed by atoms with van der Waals surface area (Å²) in [4.78, 5) is 5.35. The summed E-state index contributed by atoms with van der Waals surface area (Å²) >= 11 is 0. The van der Waals surface area contributed by atoms with Crippen LogP contribution < -0.4 is 0 Å². The summed E-state index contributed by atoms with van der Waals surface area (Å²) in [6, 6.07) is 2.51. The Bertz CT molecular complexity index is 495. The summed E-state index contributed by atoms with van der Waals surface area (Å²) < 4.78 is 7.50. The lowest BCUT2D eigenvalue weighted by Gasteiger charge is -2.39. The van der Waals surface area contributed by atoms with Gasteiger partial charge in [0.05, 0.1) is 6.20 Å². The molecule has 5 nitrogen and oxygen atoms in total.